The number of imidazole rings is 1. The van der Waals surface area contributed by atoms with Gasteiger partial charge in [-0.05, 0) is 25.0 Å². The molecule has 0 radical (unpaired) electrons. The van der Waals surface area contributed by atoms with Crippen molar-refractivity contribution in [1.29, 1.82) is 0 Å². The van der Waals surface area contributed by atoms with Gasteiger partial charge in [0.2, 0.25) is 5.91 Å². The fourth-order valence-electron chi connectivity index (χ4n) is 2.87. The lowest BCUT2D eigenvalue weighted by atomic mass is 10.2. The van der Waals surface area contributed by atoms with Crippen LogP contribution in [0.3, 0.4) is 0 Å². The summed E-state index contributed by atoms with van der Waals surface area (Å²) in [5.41, 5.74) is 7.43. The van der Waals surface area contributed by atoms with Crippen molar-refractivity contribution in [3.05, 3.63) is 36.7 Å². The Morgan fingerprint density at radius 3 is 2.95 bits per heavy atom. The van der Waals surface area contributed by atoms with Crippen LogP contribution in [0.25, 0.3) is 11.4 Å². The van der Waals surface area contributed by atoms with Gasteiger partial charge in [-0.3, -0.25) is 4.79 Å². The van der Waals surface area contributed by atoms with Gasteiger partial charge in [0.15, 0.2) is 0 Å². The van der Waals surface area contributed by atoms with Crippen molar-refractivity contribution < 1.29 is 4.79 Å². The molecule has 0 aliphatic heterocycles. The highest BCUT2D eigenvalue weighted by Crippen LogP contribution is 2.20. The Hall–Kier alpha value is -2.30. The summed E-state index contributed by atoms with van der Waals surface area (Å²) in [6, 6.07) is 7.89. The van der Waals surface area contributed by atoms with Crippen molar-refractivity contribution in [2.75, 3.05) is 5.73 Å². The van der Waals surface area contributed by atoms with E-state index in [2.05, 4.69) is 10.3 Å². The first-order chi connectivity index (χ1) is 10.2. The Kier molecular flexibility index (Phi) is 3.90. The average molecular weight is 284 g/mol. The number of nitrogens with zero attached hydrogens (tertiary/aromatic N) is 2. The van der Waals surface area contributed by atoms with Gasteiger partial charge in [0.1, 0.15) is 12.4 Å². The molecule has 0 atom stereocenters. The number of nitrogen functional groups attached to an aromatic ring is 1. The van der Waals surface area contributed by atoms with Gasteiger partial charge < -0.3 is 15.6 Å². The maximum absolute atomic E-state index is 12.1. The van der Waals surface area contributed by atoms with Crippen LogP contribution in [0, 0.1) is 0 Å². The maximum Gasteiger partial charge on any atom is 0.240 e. The maximum atomic E-state index is 12.1. The average Bonchev–Trinajstić information content (AvgIpc) is 3.10. The number of anilines is 1. The number of nitrogens with one attached hydrogen (secondary N) is 1. The van der Waals surface area contributed by atoms with E-state index in [1.807, 2.05) is 35.0 Å². The summed E-state index contributed by atoms with van der Waals surface area (Å²) >= 11 is 0. The quantitative estimate of drug-likeness (QED) is 0.845. The highest BCUT2D eigenvalue weighted by Gasteiger charge is 2.18. The number of benzene rings is 1. The molecule has 21 heavy (non-hydrogen) atoms. The predicted octanol–water partition coefficient (Wildman–Crippen LogP) is 2.19. The molecule has 1 aromatic heterocycles. The van der Waals surface area contributed by atoms with E-state index in [0.717, 1.165) is 24.2 Å². The second-order valence-corrected chi connectivity index (χ2v) is 5.55. The second-order valence-electron chi connectivity index (χ2n) is 5.55. The minimum atomic E-state index is 0.0463. The van der Waals surface area contributed by atoms with E-state index in [1.54, 1.807) is 6.20 Å². The zero-order valence-electron chi connectivity index (χ0n) is 12.0. The summed E-state index contributed by atoms with van der Waals surface area (Å²) in [7, 11) is 0. The highest BCUT2D eigenvalue weighted by atomic mass is 16.2. The first-order valence-corrected chi connectivity index (χ1v) is 7.39. The number of carbonyl (C=O) groups excluding carboxylic acids is 1. The lowest BCUT2D eigenvalue weighted by Crippen LogP contribution is -2.35. The molecule has 110 valence electrons. The lowest BCUT2D eigenvalue weighted by molar-refractivity contribution is -0.122. The van der Waals surface area contributed by atoms with Crippen molar-refractivity contribution in [3.63, 3.8) is 0 Å². The summed E-state index contributed by atoms with van der Waals surface area (Å²) in [6.45, 7) is 0.292. The molecule has 3 N–H and O–H groups in total. The molecule has 0 saturated heterocycles. The van der Waals surface area contributed by atoms with Gasteiger partial charge in [0, 0.05) is 29.7 Å². The first kappa shape index (κ1) is 13.7. The van der Waals surface area contributed by atoms with E-state index in [9.17, 15) is 4.79 Å². The molecule has 3 rings (SSSR count). The number of hydrogen-bond acceptors (Lipinski definition) is 3. The standard InChI is InChI=1S/C16H20N4O/c17-13-5-3-4-12(10-13)16-18-8-9-20(16)11-15(21)19-14-6-1-2-7-14/h3-5,8-10,14H,1-2,6-7,11,17H2,(H,19,21). The topological polar surface area (TPSA) is 72.9 Å². The van der Waals surface area contributed by atoms with E-state index >= 15 is 0 Å². The van der Waals surface area contributed by atoms with Gasteiger partial charge in [-0.1, -0.05) is 25.0 Å². The molecule has 1 aliphatic carbocycles. The highest BCUT2D eigenvalue weighted by molar-refractivity contribution is 5.77. The predicted molar refractivity (Wildman–Crippen MR) is 82.5 cm³/mol. The monoisotopic (exact) mass is 284 g/mol. The number of carbonyl (C=O) groups is 1. The molecular formula is C16H20N4O. The Balaban J connectivity index is 1.71. The van der Waals surface area contributed by atoms with Crippen LogP contribution in [0.15, 0.2) is 36.7 Å². The molecule has 0 unspecified atom stereocenters. The van der Waals surface area contributed by atoms with Crippen molar-refractivity contribution >= 4 is 11.6 Å². The largest absolute Gasteiger partial charge is 0.399 e. The molecule has 1 saturated carbocycles. The molecule has 0 bridgehead atoms. The van der Waals surface area contributed by atoms with Crippen LogP contribution in [-0.4, -0.2) is 21.5 Å². The zero-order valence-corrected chi connectivity index (χ0v) is 12.0. The van der Waals surface area contributed by atoms with Crippen molar-refractivity contribution in [1.82, 2.24) is 14.9 Å². The van der Waals surface area contributed by atoms with E-state index < -0.39 is 0 Å². The molecule has 5 nitrogen and oxygen atoms in total. The third-order valence-electron chi connectivity index (χ3n) is 3.89. The number of rotatable bonds is 4. The summed E-state index contributed by atoms with van der Waals surface area (Å²) in [6.07, 6.45) is 8.15. The SMILES string of the molecule is Nc1cccc(-c2nccn2CC(=O)NC2CCCC2)c1. The van der Waals surface area contributed by atoms with Crippen molar-refractivity contribution in [3.8, 4) is 11.4 Å². The Morgan fingerprint density at radius 1 is 1.38 bits per heavy atom. The van der Waals surface area contributed by atoms with E-state index in [-0.39, 0.29) is 5.91 Å². The minimum Gasteiger partial charge on any atom is -0.399 e. The van der Waals surface area contributed by atoms with Gasteiger partial charge in [-0.2, -0.15) is 0 Å². The molecule has 1 aliphatic rings. The molecule has 2 aromatic rings. The molecule has 0 spiro atoms. The molecule has 5 heteroatoms. The van der Waals surface area contributed by atoms with Crippen LogP contribution in [0.2, 0.25) is 0 Å². The normalized spacial score (nSPS) is 15.2. The summed E-state index contributed by atoms with van der Waals surface area (Å²) in [4.78, 5) is 16.5. The first-order valence-electron chi connectivity index (χ1n) is 7.39. The van der Waals surface area contributed by atoms with Gasteiger partial charge in [0.25, 0.3) is 0 Å². The van der Waals surface area contributed by atoms with Crippen LogP contribution in [-0.2, 0) is 11.3 Å². The van der Waals surface area contributed by atoms with Gasteiger partial charge in [-0.25, -0.2) is 4.98 Å². The van der Waals surface area contributed by atoms with Gasteiger partial charge >= 0.3 is 0 Å². The second kappa shape index (κ2) is 5.99. The minimum absolute atomic E-state index is 0.0463. The number of nitrogens with two attached hydrogens (primary N) is 1. The fourth-order valence-corrected chi connectivity index (χ4v) is 2.87. The Bertz CT molecular complexity index is 629. The van der Waals surface area contributed by atoms with E-state index in [0.29, 0.717) is 18.3 Å². The Morgan fingerprint density at radius 2 is 2.19 bits per heavy atom. The van der Waals surface area contributed by atoms with Crippen LogP contribution in [0.5, 0.6) is 0 Å². The van der Waals surface area contributed by atoms with Crippen LogP contribution in [0.4, 0.5) is 5.69 Å². The van der Waals surface area contributed by atoms with Gasteiger partial charge in [0.05, 0.1) is 0 Å². The van der Waals surface area contributed by atoms with E-state index in [4.69, 9.17) is 5.73 Å². The number of amides is 1. The van der Waals surface area contributed by atoms with Crippen LogP contribution >= 0.6 is 0 Å². The Labute approximate surface area is 124 Å². The van der Waals surface area contributed by atoms with Crippen LogP contribution < -0.4 is 11.1 Å². The molecule has 1 aromatic carbocycles. The lowest BCUT2D eigenvalue weighted by Gasteiger charge is -2.13. The molecule has 1 amide bonds. The number of hydrogen-bond donors (Lipinski definition) is 2. The van der Waals surface area contributed by atoms with Crippen LogP contribution in [0.1, 0.15) is 25.7 Å². The third kappa shape index (κ3) is 3.24. The molecule has 1 heterocycles. The number of aromatic nitrogens is 2. The molecular weight excluding hydrogens is 264 g/mol. The smallest absolute Gasteiger partial charge is 0.240 e. The molecule has 1 fully saturated rings. The van der Waals surface area contributed by atoms with Crippen molar-refractivity contribution in [2.45, 2.75) is 38.3 Å². The summed E-state index contributed by atoms with van der Waals surface area (Å²) < 4.78 is 1.86. The van der Waals surface area contributed by atoms with Crippen molar-refractivity contribution in [2.24, 2.45) is 0 Å². The fraction of sp³-hybridized carbons (Fsp3) is 0.375. The third-order valence-corrected chi connectivity index (χ3v) is 3.89. The summed E-state index contributed by atoms with van der Waals surface area (Å²) in [5.74, 6) is 0.814. The zero-order chi connectivity index (χ0) is 14.7. The van der Waals surface area contributed by atoms with E-state index in [1.165, 1.54) is 12.8 Å². The van der Waals surface area contributed by atoms with Gasteiger partial charge in [-0.15, -0.1) is 0 Å². The summed E-state index contributed by atoms with van der Waals surface area (Å²) in [5, 5.41) is 3.09.